The number of allylic oxidation sites excluding steroid dienone is 2. The molecule has 0 unspecified atom stereocenters. The van der Waals surface area contributed by atoms with Crippen molar-refractivity contribution in [3.8, 4) is 12.3 Å². The molecule has 0 aliphatic carbocycles. The minimum atomic E-state index is 0.843. The number of nitrogens with zero attached hydrogens (tertiary/aromatic N) is 1. The molecular formula is C15H15N. The molecule has 0 radical (unpaired) electrons. The van der Waals surface area contributed by atoms with Crippen LogP contribution in [0, 0.1) is 12.3 Å². The third-order valence-corrected chi connectivity index (χ3v) is 2.64. The van der Waals surface area contributed by atoms with Gasteiger partial charge in [-0.05, 0) is 26.0 Å². The Morgan fingerprint density at radius 1 is 1.38 bits per heavy atom. The predicted molar refractivity (Wildman–Crippen MR) is 69.3 cm³/mol. The second kappa shape index (κ2) is 4.28. The molecule has 0 spiro atoms. The van der Waals surface area contributed by atoms with E-state index in [0.717, 1.165) is 12.2 Å². The molecule has 1 heterocycles. The Bertz CT molecular complexity index is 575. The zero-order valence-electron chi connectivity index (χ0n) is 9.70. The van der Waals surface area contributed by atoms with E-state index in [2.05, 4.69) is 48.6 Å². The summed E-state index contributed by atoms with van der Waals surface area (Å²) in [5.74, 6) is 2.74. The first-order valence-corrected chi connectivity index (χ1v) is 5.40. The van der Waals surface area contributed by atoms with Gasteiger partial charge in [0, 0.05) is 17.4 Å². The van der Waals surface area contributed by atoms with Gasteiger partial charge in [-0.3, -0.25) is 0 Å². The normalized spacial score (nSPS) is 10.1. The highest BCUT2D eigenvalue weighted by Crippen LogP contribution is 2.19. The predicted octanol–water partition coefficient (Wildman–Crippen LogP) is 3.59. The van der Waals surface area contributed by atoms with Gasteiger partial charge in [0.05, 0.1) is 5.69 Å². The first kappa shape index (κ1) is 10.6. The summed E-state index contributed by atoms with van der Waals surface area (Å²) in [4.78, 5) is 0. The lowest BCUT2D eigenvalue weighted by Crippen LogP contribution is -1.98. The third-order valence-electron chi connectivity index (χ3n) is 2.64. The summed E-state index contributed by atoms with van der Waals surface area (Å²) in [6.07, 6.45) is 7.72. The first-order chi connectivity index (χ1) is 7.72. The molecule has 1 heteroatoms. The molecule has 0 atom stereocenters. The second-order valence-corrected chi connectivity index (χ2v) is 4.12. The number of benzene rings is 1. The average molecular weight is 209 g/mol. The van der Waals surface area contributed by atoms with E-state index in [-0.39, 0.29) is 0 Å². The minimum Gasteiger partial charge on any atom is -0.330 e. The molecule has 0 saturated heterocycles. The SMILES string of the molecule is C#Cc1cc2ccccc2n1CC=C(C)C. The van der Waals surface area contributed by atoms with Crippen molar-refractivity contribution in [2.24, 2.45) is 0 Å². The summed E-state index contributed by atoms with van der Waals surface area (Å²) in [6, 6.07) is 10.3. The van der Waals surface area contributed by atoms with Crippen LogP contribution in [0.25, 0.3) is 10.9 Å². The Morgan fingerprint density at radius 3 is 2.81 bits per heavy atom. The number of terminal acetylenes is 1. The Kier molecular flexibility index (Phi) is 2.83. The van der Waals surface area contributed by atoms with Crippen LogP contribution in [0.15, 0.2) is 42.0 Å². The lowest BCUT2D eigenvalue weighted by Gasteiger charge is -2.04. The van der Waals surface area contributed by atoms with E-state index in [0.29, 0.717) is 0 Å². The quantitative estimate of drug-likeness (QED) is 0.526. The van der Waals surface area contributed by atoms with Gasteiger partial charge in [-0.15, -0.1) is 6.42 Å². The number of hydrogen-bond acceptors (Lipinski definition) is 0. The van der Waals surface area contributed by atoms with Gasteiger partial charge < -0.3 is 4.57 Å². The Hall–Kier alpha value is -1.94. The highest BCUT2D eigenvalue weighted by molar-refractivity contribution is 5.82. The smallest absolute Gasteiger partial charge is 0.0930 e. The zero-order valence-corrected chi connectivity index (χ0v) is 9.70. The van der Waals surface area contributed by atoms with Crippen LogP contribution in [-0.2, 0) is 6.54 Å². The number of para-hydroxylation sites is 1. The Balaban J connectivity index is 2.57. The highest BCUT2D eigenvalue weighted by Gasteiger charge is 2.04. The van der Waals surface area contributed by atoms with Crippen LogP contribution >= 0.6 is 0 Å². The van der Waals surface area contributed by atoms with Crippen LogP contribution < -0.4 is 0 Å². The minimum absolute atomic E-state index is 0.843. The molecule has 0 fully saturated rings. The Labute approximate surface area is 96.4 Å². The van der Waals surface area contributed by atoms with Crippen molar-refractivity contribution in [3.05, 3.63) is 47.7 Å². The molecular weight excluding hydrogens is 194 g/mol. The van der Waals surface area contributed by atoms with E-state index in [9.17, 15) is 0 Å². The van der Waals surface area contributed by atoms with Gasteiger partial charge in [0.15, 0.2) is 0 Å². The molecule has 0 amide bonds. The molecule has 0 aliphatic heterocycles. The van der Waals surface area contributed by atoms with Crippen molar-refractivity contribution in [3.63, 3.8) is 0 Å². The molecule has 80 valence electrons. The maximum Gasteiger partial charge on any atom is 0.0930 e. The summed E-state index contributed by atoms with van der Waals surface area (Å²) >= 11 is 0. The van der Waals surface area contributed by atoms with E-state index in [1.165, 1.54) is 16.5 Å². The lowest BCUT2D eigenvalue weighted by atomic mass is 10.2. The standard InChI is InChI=1S/C15H15N/c1-4-14-11-13-7-5-6-8-15(13)16(14)10-9-12(2)3/h1,5-9,11H,10H2,2-3H3. The van der Waals surface area contributed by atoms with E-state index < -0.39 is 0 Å². The molecule has 1 nitrogen and oxygen atoms in total. The largest absolute Gasteiger partial charge is 0.330 e. The average Bonchev–Trinajstić information content (AvgIpc) is 2.64. The molecule has 2 rings (SSSR count). The highest BCUT2D eigenvalue weighted by atomic mass is 15.0. The van der Waals surface area contributed by atoms with Crippen LogP contribution in [0.5, 0.6) is 0 Å². The van der Waals surface area contributed by atoms with Crippen molar-refractivity contribution in [1.29, 1.82) is 0 Å². The molecule has 16 heavy (non-hydrogen) atoms. The van der Waals surface area contributed by atoms with Gasteiger partial charge in [-0.1, -0.05) is 35.8 Å². The van der Waals surface area contributed by atoms with Crippen molar-refractivity contribution in [2.75, 3.05) is 0 Å². The second-order valence-electron chi connectivity index (χ2n) is 4.12. The Morgan fingerprint density at radius 2 is 2.12 bits per heavy atom. The fourth-order valence-electron chi connectivity index (χ4n) is 1.80. The summed E-state index contributed by atoms with van der Waals surface area (Å²) in [5.41, 5.74) is 3.45. The van der Waals surface area contributed by atoms with Crippen molar-refractivity contribution in [1.82, 2.24) is 4.57 Å². The van der Waals surface area contributed by atoms with Crippen LogP contribution in [0.4, 0.5) is 0 Å². The van der Waals surface area contributed by atoms with E-state index in [4.69, 9.17) is 6.42 Å². The van der Waals surface area contributed by atoms with Crippen LogP contribution in [0.1, 0.15) is 19.5 Å². The first-order valence-electron chi connectivity index (χ1n) is 5.40. The fourth-order valence-corrected chi connectivity index (χ4v) is 1.80. The number of rotatable bonds is 2. The molecule has 2 aromatic rings. The van der Waals surface area contributed by atoms with Crippen LogP contribution in [0.2, 0.25) is 0 Å². The van der Waals surface area contributed by atoms with Gasteiger partial charge in [0.25, 0.3) is 0 Å². The van der Waals surface area contributed by atoms with Gasteiger partial charge in [0.2, 0.25) is 0 Å². The van der Waals surface area contributed by atoms with Crippen LogP contribution in [-0.4, -0.2) is 4.57 Å². The van der Waals surface area contributed by atoms with Crippen molar-refractivity contribution < 1.29 is 0 Å². The van der Waals surface area contributed by atoms with Gasteiger partial charge in [-0.2, -0.15) is 0 Å². The van der Waals surface area contributed by atoms with Gasteiger partial charge in [0.1, 0.15) is 0 Å². The summed E-state index contributed by atoms with van der Waals surface area (Å²) in [7, 11) is 0. The van der Waals surface area contributed by atoms with E-state index in [1.54, 1.807) is 0 Å². The lowest BCUT2D eigenvalue weighted by molar-refractivity contribution is 0.844. The molecule has 1 aromatic heterocycles. The molecule has 0 bridgehead atoms. The molecule has 0 saturated carbocycles. The van der Waals surface area contributed by atoms with Crippen molar-refractivity contribution >= 4 is 10.9 Å². The van der Waals surface area contributed by atoms with Crippen molar-refractivity contribution in [2.45, 2.75) is 20.4 Å². The third kappa shape index (κ3) is 1.87. The zero-order chi connectivity index (χ0) is 11.5. The number of fused-ring (bicyclic) bond motifs is 1. The van der Waals surface area contributed by atoms with Gasteiger partial charge >= 0.3 is 0 Å². The van der Waals surface area contributed by atoms with Gasteiger partial charge in [-0.25, -0.2) is 0 Å². The summed E-state index contributed by atoms with van der Waals surface area (Å²) in [6.45, 7) is 5.04. The molecule has 1 aromatic carbocycles. The molecule has 0 aliphatic rings. The number of aromatic nitrogens is 1. The topological polar surface area (TPSA) is 4.93 Å². The number of hydrogen-bond donors (Lipinski definition) is 0. The van der Waals surface area contributed by atoms with Crippen LogP contribution in [0.3, 0.4) is 0 Å². The van der Waals surface area contributed by atoms with E-state index >= 15 is 0 Å². The maximum absolute atomic E-state index is 5.53. The summed E-state index contributed by atoms with van der Waals surface area (Å²) < 4.78 is 2.17. The monoisotopic (exact) mass is 209 g/mol. The van der Waals surface area contributed by atoms with E-state index in [1.807, 2.05) is 12.1 Å². The maximum atomic E-state index is 5.53. The fraction of sp³-hybridized carbons (Fsp3) is 0.200. The molecule has 0 N–H and O–H groups in total. The summed E-state index contributed by atoms with van der Waals surface area (Å²) in [5, 5.41) is 1.21.